The summed E-state index contributed by atoms with van der Waals surface area (Å²) in [6.45, 7) is 6.11. The predicted molar refractivity (Wildman–Crippen MR) is 111 cm³/mol. The average Bonchev–Trinajstić information content (AvgIpc) is 2.99. The van der Waals surface area contributed by atoms with E-state index >= 15 is 0 Å². The van der Waals surface area contributed by atoms with Crippen molar-refractivity contribution in [3.8, 4) is 11.5 Å². The standard InChI is InChI=1S/C20H21N3O3S/c1-3-23(4-2)15-8-6-14(7-9-15)21-20-22-19(26)18(27-20)12-13-5-10-16(24)17(25)11-13/h5-12,24-25H,3-4H2,1-2H3,(H,21,22,26). The van der Waals surface area contributed by atoms with Crippen molar-refractivity contribution in [2.45, 2.75) is 13.8 Å². The maximum absolute atomic E-state index is 12.2. The molecule has 0 radical (unpaired) electrons. The molecule has 0 unspecified atom stereocenters. The minimum absolute atomic E-state index is 0.198. The molecular weight excluding hydrogens is 362 g/mol. The number of carbonyl (C=O) groups is 1. The van der Waals surface area contributed by atoms with Gasteiger partial charge >= 0.3 is 0 Å². The summed E-state index contributed by atoms with van der Waals surface area (Å²) in [5, 5.41) is 22.2. The molecule has 2 aromatic rings. The van der Waals surface area contributed by atoms with Gasteiger partial charge in [-0.05, 0) is 73.6 Å². The van der Waals surface area contributed by atoms with Crippen molar-refractivity contribution in [1.82, 2.24) is 5.32 Å². The molecule has 0 atom stereocenters. The highest BCUT2D eigenvalue weighted by Gasteiger charge is 2.23. The Labute approximate surface area is 162 Å². The van der Waals surface area contributed by atoms with Crippen LogP contribution in [0.25, 0.3) is 6.08 Å². The Balaban J connectivity index is 1.76. The summed E-state index contributed by atoms with van der Waals surface area (Å²) in [6.07, 6.45) is 1.64. The van der Waals surface area contributed by atoms with Gasteiger partial charge in [0.1, 0.15) is 0 Å². The van der Waals surface area contributed by atoms with Crippen molar-refractivity contribution < 1.29 is 15.0 Å². The Morgan fingerprint density at radius 3 is 2.41 bits per heavy atom. The fourth-order valence-corrected chi connectivity index (χ4v) is 3.55. The first kappa shape index (κ1) is 18.8. The second-order valence-corrected chi connectivity index (χ2v) is 6.95. The quantitative estimate of drug-likeness (QED) is 0.540. The molecule has 0 aromatic heterocycles. The molecule has 0 aliphatic carbocycles. The second kappa shape index (κ2) is 8.18. The van der Waals surface area contributed by atoms with Crippen LogP contribution in [0.2, 0.25) is 0 Å². The lowest BCUT2D eigenvalue weighted by Crippen LogP contribution is -2.21. The maximum atomic E-state index is 12.2. The number of phenolic OH excluding ortho intramolecular Hbond substituents is 2. The molecule has 1 aliphatic rings. The number of hydrogen-bond donors (Lipinski definition) is 3. The maximum Gasteiger partial charge on any atom is 0.264 e. The van der Waals surface area contributed by atoms with Crippen molar-refractivity contribution >= 4 is 40.3 Å². The number of thioether (sulfide) groups is 1. The lowest BCUT2D eigenvalue weighted by Gasteiger charge is -2.20. The Morgan fingerprint density at radius 2 is 1.78 bits per heavy atom. The highest BCUT2D eigenvalue weighted by atomic mass is 32.2. The molecule has 1 fully saturated rings. The molecule has 7 heteroatoms. The van der Waals surface area contributed by atoms with Crippen LogP contribution in [0.1, 0.15) is 19.4 Å². The zero-order chi connectivity index (χ0) is 19.4. The number of amidine groups is 1. The van der Waals surface area contributed by atoms with Gasteiger partial charge in [0, 0.05) is 18.8 Å². The van der Waals surface area contributed by atoms with E-state index in [-0.39, 0.29) is 17.4 Å². The summed E-state index contributed by atoms with van der Waals surface area (Å²) in [7, 11) is 0. The molecule has 2 aromatic carbocycles. The number of benzene rings is 2. The average molecular weight is 383 g/mol. The van der Waals surface area contributed by atoms with Crippen LogP contribution in [0.15, 0.2) is 52.4 Å². The van der Waals surface area contributed by atoms with Gasteiger partial charge in [-0.3, -0.25) is 4.79 Å². The predicted octanol–water partition coefficient (Wildman–Crippen LogP) is 3.84. The van der Waals surface area contributed by atoms with Crippen LogP contribution < -0.4 is 10.2 Å². The Morgan fingerprint density at radius 1 is 1.07 bits per heavy atom. The molecule has 1 saturated heterocycles. The number of rotatable bonds is 5. The van der Waals surface area contributed by atoms with E-state index in [1.54, 1.807) is 12.1 Å². The van der Waals surface area contributed by atoms with E-state index in [9.17, 15) is 15.0 Å². The number of carbonyl (C=O) groups excluding carboxylic acids is 1. The van der Waals surface area contributed by atoms with E-state index in [4.69, 9.17) is 0 Å². The van der Waals surface area contributed by atoms with Gasteiger partial charge < -0.3 is 20.4 Å². The molecule has 0 spiro atoms. The van der Waals surface area contributed by atoms with Gasteiger partial charge in [0.05, 0.1) is 10.6 Å². The van der Waals surface area contributed by atoms with Crippen LogP contribution in [0.4, 0.5) is 11.4 Å². The highest BCUT2D eigenvalue weighted by molar-refractivity contribution is 8.18. The van der Waals surface area contributed by atoms with Crippen molar-refractivity contribution in [1.29, 1.82) is 0 Å². The van der Waals surface area contributed by atoms with Gasteiger partial charge in [0.15, 0.2) is 16.7 Å². The van der Waals surface area contributed by atoms with E-state index < -0.39 is 0 Å². The normalized spacial score (nSPS) is 16.7. The monoisotopic (exact) mass is 383 g/mol. The van der Waals surface area contributed by atoms with E-state index in [0.29, 0.717) is 15.6 Å². The number of nitrogens with one attached hydrogen (secondary N) is 1. The third kappa shape index (κ3) is 4.43. The first-order valence-corrected chi connectivity index (χ1v) is 9.48. The first-order valence-electron chi connectivity index (χ1n) is 8.66. The Bertz CT molecular complexity index is 903. The molecule has 3 N–H and O–H groups in total. The van der Waals surface area contributed by atoms with E-state index in [1.807, 2.05) is 24.3 Å². The molecule has 1 amide bonds. The fourth-order valence-electron chi connectivity index (χ4n) is 2.71. The number of hydrogen-bond acceptors (Lipinski definition) is 6. The molecule has 6 nitrogen and oxygen atoms in total. The zero-order valence-corrected chi connectivity index (χ0v) is 16.0. The number of nitrogens with zero attached hydrogens (tertiary/aromatic N) is 2. The summed E-state index contributed by atoms with van der Waals surface area (Å²) in [5.74, 6) is -0.669. The highest BCUT2D eigenvalue weighted by Crippen LogP contribution is 2.31. The molecular formula is C20H21N3O3S. The van der Waals surface area contributed by atoms with Crippen LogP contribution in [0.3, 0.4) is 0 Å². The van der Waals surface area contributed by atoms with Crippen molar-refractivity contribution in [3.63, 3.8) is 0 Å². The van der Waals surface area contributed by atoms with Gasteiger partial charge in [-0.2, -0.15) is 0 Å². The van der Waals surface area contributed by atoms with Crippen LogP contribution in [-0.2, 0) is 4.79 Å². The third-order valence-corrected chi connectivity index (χ3v) is 5.07. The van der Waals surface area contributed by atoms with Gasteiger partial charge in [-0.15, -0.1) is 0 Å². The number of aromatic hydroxyl groups is 2. The fraction of sp³-hybridized carbons (Fsp3) is 0.200. The zero-order valence-electron chi connectivity index (χ0n) is 15.1. The van der Waals surface area contributed by atoms with Gasteiger partial charge in [0.25, 0.3) is 5.91 Å². The van der Waals surface area contributed by atoms with Gasteiger partial charge in [0.2, 0.25) is 0 Å². The minimum atomic E-state index is -0.244. The Kier molecular flexibility index (Phi) is 5.71. The van der Waals surface area contributed by atoms with Gasteiger partial charge in [-0.25, -0.2) is 4.99 Å². The van der Waals surface area contributed by atoms with E-state index in [1.165, 1.54) is 23.9 Å². The lowest BCUT2D eigenvalue weighted by molar-refractivity contribution is -0.115. The summed E-state index contributed by atoms with van der Waals surface area (Å²) >= 11 is 1.23. The molecule has 0 saturated carbocycles. The number of phenols is 2. The molecule has 0 bridgehead atoms. The smallest absolute Gasteiger partial charge is 0.264 e. The van der Waals surface area contributed by atoms with Crippen LogP contribution in [0.5, 0.6) is 11.5 Å². The van der Waals surface area contributed by atoms with Crippen LogP contribution in [0, 0.1) is 0 Å². The minimum Gasteiger partial charge on any atom is -0.504 e. The van der Waals surface area contributed by atoms with Crippen molar-refractivity contribution in [2.75, 3.05) is 18.0 Å². The second-order valence-electron chi connectivity index (χ2n) is 5.92. The first-order chi connectivity index (χ1) is 13.0. The van der Waals surface area contributed by atoms with Crippen LogP contribution >= 0.6 is 11.8 Å². The summed E-state index contributed by atoms with van der Waals surface area (Å²) in [5.41, 5.74) is 2.52. The third-order valence-electron chi connectivity index (χ3n) is 4.16. The number of amides is 1. The number of aliphatic imine (C=N–C) groups is 1. The molecule has 140 valence electrons. The van der Waals surface area contributed by atoms with Crippen molar-refractivity contribution in [3.05, 3.63) is 52.9 Å². The molecule has 1 aliphatic heterocycles. The molecule has 27 heavy (non-hydrogen) atoms. The summed E-state index contributed by atoms with van der Waals surface area (Å²) < 4.78 is 0. The Hall–Kier alpha value is -2.93. The van der Waals surface area contributed by atoms with Crippen molar-refractivity contribution in [2.24, 2.45) is 4.99 Å². The lowest BCUT2D eigenvalue weighted by atomic mass is 10.2. The summed E-state index contributed by atoms with van der Waals surface area (Å²) in [4.78, 5) is 19.4. The van der Waals surface area contributed by atoms with E-state index in [2.05, 4.69) is 29.1 Å². The largest absolute Gasteiger partial charge is 0.504 e. The van der Waals surface area contributed by atoms with Crippen LogP contribution in [-0.4, -0.2) is 34.4 Å². The van der Waals surface area contributed by atoms with Gasteiger partial charge in [-0.1, -0.05) is 6.07 Å². The molecule has 1 heterocycles. The molecule has 3 rings (SSSR count). The SMILES string of the molecule is CCN(CC)c1ccc(N=C2NC(=O)C(=Cc3ccc(O)c(O)c3)S2)cc1. The summed E-state index contributed by atoms with van der Waals surface area (Å²) in [6, 6.07) is 12.3. The van der Waals surface area contributed by atoms with E-state index in [0.717, 1.165) is 24.5 Å². The number of anilines is 1. The topological polar surface area (TPSA) is 85.2 Å².